The van der Waals surface area contributed by atoms with E-state index in [9.17, 15) is 14.9 Å². The van der Waals surface area contributed by atoms with Crippen LogP contribution in [0.5, 0.6) is 5.75 Å². The van der Waals surface area contributed by atoms with Crippen molar-refractivity contribution in [1.82, 2.24) is 4.90 Å². The second kappa shape index (κ2) is 7.31. The van der Waals surface area contributed by atoms with Crippen LogP contribution in [0.15, 0.2) is 42.5 Å². The smallest absolute Gasteiger partial charge is 0.270 e. The number of nitro benzene ring substituents is 1. The molecule has 0 aliphatic carbocycles. The van der Waals surface area contributed by atoms with Crippen molar-refractivity contribution in [3.05, 3.63) is 68.7 Å². The molecule has 1 amide bonds. The summed E-state index contributed by atoms with van der Waals surface area (Å²) >= 11 is 6.04. The molecule has 126 valence electrons. The van der Waals surface area contributed by atoms with Crippen molar-refractivity contribution in [2.45, 2.75) is 13.0 Å². The van der Waals surface area contributed by atoms with Gasteiger partial charge in [0.1, 0.15) is 5.75 Å². The van der Waals surface area contributed by atoms with Gasteiger partial charge in [-0.1, -0.05) is 23.7 Å². The molecule has 1 atom stereocenters. The van der Waals surface area contributed by atoms with Gasteiger partial charge in [0.2, 0.25) is 0 Å². The zero-order valence-corrected chi connectivity index (χ0v) is 14.3. The van der Waals surface area contributed by atoms with Crippen LogP contribution in [0.4, 0.5) is 5.69 Å². The van der Waals surface area contributed by atoms with Crippen LogP contribution in [-0.4, -0.2) is 29.9 Å². The molecule has 0 aliphatic heterocycles. The van der Waals surface area contributed by atoms with Crippen molar-refractivity contribution in [3.8, 4) is 5.75 Å². The fourth-order valence-electron chi connectivity index (χ4n) is 2.26. The Morgan fingerprint density at radius 2 is 1.88 bits per heavy atom. The van der Waals surface area contributed by atoms with Gasteiger partial charge in [0.25, 0.3) is 11.6 Å². The Kier molecular flexibility index (Phi) is 5.41. The molecule has 2 aromatic carbocycles. The lowest BCUT2D eigenvalue weighted by Crippen LogP contribution is -2.30. The Morgan fingerprint density at radius 3 is 2.42 bits per heavy atom. The van der Waals surface area contributed by atoms with E-state index >= 15 is 0 Å². The maximum atomic E-state index is 12.7. The summed E-state index contributed by atoms with van der Waals surface area (Å²) in [7, 11) is 3.21. The minimum Gasteiger partial charge on any atom is -0.497 e. The predicted octanol–water partition coefficient (Wildman–Crippen LogP) is 4.09. The molecule has 7 heteroatoms. The van der Waals surface area contributed by atoms with Crippen molar-refractivity contribution in [2.75, 3.05) is 14.2 Å². The second-order valence-corrected chi connectivity index (χ2v) is 5.69. The highest BCUT2D eigenvalue weighted by Gasteiger charge is 2.23. The Morgan fingerprint density at radius 1 is 1.25 bits per heavy atom. The first-order valence-electron chi connectivity index (χ1n) is 7.20. The lowest BCUT2D eigenvalue weighted by molar-refractivity contribution is -0.384. The number of ether oxygens (including phenoxy) is 1. The van der Waals surface area contributed by atoms with E-state index in [0.717, 1.165) is 11.3 Å². The van der Waals surface area contributed by atoms with Crippen molar-refractivity contribution >= 4 is 23.2 Å². The van der Waals surface area contributed by atoms with Crippen LogP contribution in [0.3, 0.4) is 0 Å². The second-order valence-electron chi connectivity index (χ2n) is 5.29. The molecule has 0 aliphatic rings. The van der Waals surface area contributed by atoms with Crippen molar-refractivity contribution in [1.29, 1.82) is 0 Å². The number of amides is 1. The van der Waals surface area contributed by atoms with Gasteiger partial charge in [-0.2, -0.15) is 0 Å². The van der Waals surface area contributed by atoms with E-state index in [2.05, 4.69) is 0 Å². The maximum absolute atomic E-state index is 12.7. The first kappa shape index (κ1) is 17.7. The number of benzene rings is 2. The molecule has 0 spiro atoms. The van der Waals surface area contributed by atoms with Crippen molar-refractivity contribution < 1.29 is 14.5 Å². The molecule has 0 saturated carbocycles. The van der Waals surface area contributed by atoms with Gasteiger partial charge in [0.15, 0.2) is 0 Å². The predicted molar refractivity (Wildman–Crippen MR) is 91.6 cm³/mol. The van der Waals surface area contributed by atoms with Crippen LogP contribution in [0, 0.1) is 10.1 Å². The summed E-state index contributed by atoms with van der Waals surface area (Å²) in [6.07, 6.45) is 0. The van der Waals surface area contributed by atoms with Crippen LogP contribution in [0.2, 0.25) is 5.02 Å². The van der Waals surface area contributed by atoms with Gasteiger partial charge in [-0.15, -0.1) is 0 Å². The number of nitrogens with zero attached hydrogens (tertiary/aromatic N) is 2. The molecule has 0 N–H and O–H groups in total. The van der Waals surface area contributed by atoms with Crippen LogP contribution in [0.25, 0.3) is 0 Å². The molecular formula is C17H17ClN2O4. The monoisotopic (exact) mass is 348 g/mol. The molecule has 0 radical (unpaired) electrons. The van der Waals surface area contributed by atoms with E-state index in [1.54, 1.807) is 14.2 Å². The average Bonchev–Trinajstić information content (AvgIpc) is 2.60. The summed E-state index contributed by atoms with van der Waals surface area (Å²) in [4.78, 5) is 24.5. The third-order valence-corrected chi connectivity index (χ3v) is 4.22. The van der Waals surface area contributed by atoms with Gasteiger partial charge in [0.05, 0.1) is 28.7 Å². The number of rotatable bonds is 5. The van der Waals surface area contributed by atoms with Crippen LogP contribution in [-0.2, 0) is 0 Å². The lowest BCUT2D eigenvalue weighted by atomic mass is 10.1. The molecule has 24 heavy (non-hydrogen) atoms. The first-order chi connectivity index (χ1) is 11.3. The summed E-state index contributed by atoms with van der Waals surface area (Å²) in [5.74, 6) is 0.341. The number of halogens is 1. The number of methoxy groups -OCH3 is 1. The van der Waals surface area contributed by atoms with E-state index in [-0.39, 0.29) is 28.2 Å². The van der Waals surface area contributed by atoms with Gasteiger partial charge >= 0.3 is 0 Å². The fourth-order valence-corrected chi connectivity index (χ4v) is 2.46. The molecular weight excluding hydrogens is 332 g/mol. The molecule has 0 aromatic heterocycles. The molecule has 6 nitrogen and oxygen atoms in total. The maximum Gasteiger partial charge on any atom is 0.270 e. The van der Waals surface area contributed by atoms with Crippen LogP contribution >= 0.6 is 11.6 Å². The third kappa shape index (κ3) is 3.65. The highest BCUT2D eigenvalue weighted by Crippen LogP contribution is 2.27. The molecule has 2 aromatic rings. The fraction of sp³-hybridized carbons (Fsp3) is 0.235. The van der Waals surface area contributed by atoms with Gasteiger partial charge in [-0.05, 0) is 30.7 Å². The van der Waals surface area contributed by atoms with E-state index in [4.69, 9.17) is 16.3 Å². The van der Waals surface area contributed by atoms with E-state index in [1.807, 2.05) is 31.2 Å². The number of nitro groups is 1. The highest BCUT2D eigenvalue weighted by atomic mass is 35.5. The minimum atomic E-state index is -0.556. The number of hydrogen-bond donors (Lipinski definition) is 0. The average molecular weight is 349 g/mol. The third-order valence-electron chi connectivity index (χ3n) is 3.89. The van der Waals surface area contributed by atoms with Gasteiger partial charge in [-0.25, -0.2) is 0 Å². The number of carbonyl (C=O) groups is 1. The zero-order chi connectivity index (χ0) is 17.9. The minimum absolute atomic E-state index is 0.105. The zero-order valence-electron chi connectivity index (χ0n) is 13.5. The van der Waals surface area contributed by atoms with Crippen LogP contribution < -0.4 is 4.74 Å². The molecule has 0 bridgehead atoms. The Bertz CT molecular complexity index is 762. The Balaban J connectivity index is 2.27. The summed E-state index contributed by atoms with van der Waals surface area (Å²) in [5.41, 5.74) is 0.843. The van der Waals surface area contributed by atoms with Crippen molar-refractivity contribution in [3.63, 3.8) is 0 Å². The Labute approximate surface area is 144 Å². The van der Waals surface area contributed by atoms with E-state index in [1.165, 1.54) is 23.1 Å². The summed E-state index contributed by atoms with van der Waals surface area (Å²) < 4.78 is 5.12. The topological polar surface area (TPSA) is 72.7 Å². The molecule has 0 fully saturated rings. The quantitative estimate of drug-likeness (QED) is 0.602. The summed E-state index contributed by atoms with van der Waals surface area (Å²) in [6, 6.07) is 10.9. The van der Waals surface area contributed by atoms with E-state index < -0.39 is 4.92 Å². The largest absolute Gasteiger partial charge is 0.497 e. The Hall–Kier alpha value is -2.60. The normalized spacial score (nSPS) is 11.7. The number of hydrogen-bond acceptors (Lipinski definition) is 4. The number of carbonyl (C=O) groups excluding carboxylic acids is 1. The molecule has 1 unspecified atom stereocenters. The summed E-state index contributed by atoms with van der Waals surface area (Å²) in [6.45, 7) is 1.87. The molecule has 2 rings (SSSR count). The van der Waals surface area contributed by atoms with Crippen LogP contribution in [0.1, 0.15) is 28.9 Å². The molecule has 0 heterocycles. The summed E-state index contributed by atoms with van der Waals surface area (Å²) in [5, 5.41) is 11.1. The van der Waals surface area contributed by atoms with Gasteiger partial charge in [-0.3, -0.25) is 14.9 Å². The van der Waals surface area contributed by atoms with E-state index in [0.29, 0.717) is 0 Å². The first-order valence-corrected chi connectivity index (χ1v) is 7.58. The highest BCUT2D eigenvalue weighted by molar-refractivity contribution is 6.33. The molecule has 0 saturated heterocycles. The van der Waals surface area contributed by atoms with Gasteiger partial charge in [0, 0.05) is 19.2 Å². The SMILES string of the molecule is COc1ccc(C(C)N(C)C(=O)c2cc([N+](=O)[O-])ccc2Cl)cc1. The standard InChI is InChI=1S/C17H17ClN2O4/c1-11(12-4-7-14(24-3)8-5-12)19(2)17(21)15-10-13(20(22)23)6-9-16(15)18/h4-11H,1-3H3. The van der Waals surface area contributed by atoms with Crippen molar-refractivity contribution in [2.24, 2.45) is 0 Å². The van der Waals surface area contributed by atoms with Gasteiger partial charge < -0.3 is 9.64 Å². The number of non-ortho nitro benzene ring substituents is 1. The lowest BCUT2D eigenvalue weighted by Gasteiger charge is -2.26.